The molecule has 1 heterocycles. The van der Waals surface area contributed by atoms with Gasteiger partial charge in [0.1, 0.15) is 11.3 Å². The minimum Gasteiger partial charge on any atom is -0.444 e. The van der Waals surface area contributed by atoms with Crippen molar-refractivity contribution in [3.05, 3.63) is 11.6 Å². The molecule has 0 spiro atoms. The minimum atomic E-state index is -0.734. The zero-order valence-corrected chi connectivity index (χ0v) is 14.3. The van der Waals surface area contributed by atoms with E-state index in [-0.39, 0.29) is 11.8 Å². The molecular weight excluding hydrogens is 282 g/mol. The van der Waals surface area contributed by atoms with Crippen LogP contribution in [0.25, 0.3) is 0 Å². The first kappa shape index (κ1) is 17.0. The molecule has 0 N–H and O–H groups in total. The maximum atomic E-state index is 12.5. The second-order valence-electron chi connectivity index (χ2n) is 7.50. The van der Waals surface area contributed by atoms with E-state index in [2.05, 4.69) is 0 Å². The summed E-state index contributed by atoms with van der Waals surface area (Å²) in [6.45, 7) is 9.60. The molecule has 0 radical (unpaired) electrons. The van der Waals surface area contributed by atoms with Gasteiger partial charge in [0.05, 0.1) is 12.6 Å². The number of hydrogen-bond acceptors (Lipinski definition) is 4. The van der Waals surface area contributed by atoms with E-state index < -0.39 is 17.4 Å². The molecule has 2 aliphatic rings. The molecule has 1 atom stereocenters. The third-order valence-electron chi connectivity index (χ3n) is 3.96. The summed E-state index contributed by atoms with van der Waals surface area (Å²) in [4.78, 5) is 26.1. The summed E-state index contributed by atoms with van der Waals surface area (Å²) in [5.41, 5.74) is -0.471. The fourth-order valence-electron chi connectivity index (χ4n) is 2.93. The van der Waals surface area contributed by atoms with Gasteiger partial charge in [-0.1, -0.05) is 6.08 Å². The van der Waals surface area contributed by atoms with Gasteiger partial charge in [0, 0.05) is 6.42 Å². The van der Waals surface area contributed by atoms with Crippen molar-refractivity contribution in [1.82, 2.24) is 4.90 Å². The summed E-state index contributed by atoms with van der Waals surface area (Å²) in [5, 5.41) is 0. The predicted molar refractivity (Wildman–Crippen MR) is 83.5 cm³/mol. The number of ether oxygens (including phenoxy) is 2. The molecule has 2 rings (SSSR count). The van der Waals surface area contributed by atoms with Crippen LogP contribution in [0.1, 0.15) is 60.3 Å². The smallest absolute Gasteiger partial charge is 0.413 e. The summed E-state index contributed by atoms with van der Waals surface area (Å²) < 4.78 is 11.2. The maximum Gasteiger partial charge on any atom is 0.413 e. The fraction of sp³-hybridized carbons (Fsp3) is 0.765. The predicted octanol–water partition coefficient (Wildman–Crippen LogP) is 3.43. The average molecular weight is 309 g/mol. The first-order valence-corrected chi connectivity index (χ1v) is 8.00. The number of carbonyl (C=O) groups is 2. The van der Waals surface area contributed by atoms with Crippen LogP contribution in [0, 0.1) is 0 Å². The van der Waals surface area contributed by atoms with Gasteiger partial charge >= 0.3 is 6.09 Å². The van der Waals surface area contributed by atoms with Gasteiger partial charge in [0.25, 0.3) is 0 Å². The van der Waals surface area contributed by atoms with E-state index in [4.69, 9.17) is 9.47 Å². The lowest BCUT2D eigenvalue weighted by Gasteiger charge is -2.34. The van der Waals surface area contributed by atoms with E-state index in [0.717, 1.165) is 24.8 Å². The molecule has 1 amide bonds. The van der Waals surface area contributed by atoms with Crippen molar-refractivity contribution in [3.8, 4) is 0 Å². The number of allylic oxidation sites excluding steroid dienone is 1. The van der Waals surface area contributed by atoms with Gasteiger partial charge in [0.15, 0.2) is 5.78 Å². The van der Waals surface area contributed by atoms with Gasteiger partial charge < -0.3 is 9.47 Å². The molecule has 0 aromatic heterocycles. The van der Waals surface area contributed by atoms with Crippen LogP contribution < -0.4 is 0 Å². The number of nitrogens with zero attached hydrogens (tertiary/aromatic N) is 1. The molecule has 5 nitrogen and oxygen atoms in total. The number of rotatable bonds is 1. The summed E-state index contributed by atoms with van der Waals surface area (Å²) in [7, 11) is 0. The summed E-state index contributed by atoms with van der Waals surface area (Å²) >= 11 is 0. The van der Waals surface area contributed by atoms with Crippen LogP contribution in [0.5, 0.6) is 0 Å². The first-order valence-electron chi connectivity index (χ1n) is 8.00. The molecule has 2 fully saturated rings. The minimum absolute atomic E-state index is 0.195. The normalized spacial score (nSPS) is 27.3. The van der Waals surface area contributed by atoms with Crippen molar-refractivity contribution >= 4 is 11.9 Å². The van der Waals surface area contributed by atoms with Crippen molar-refractivity contribution in [2.45, 2.75) is 77.7 Å². The quantitative estimate of drug-likeness (QED) is 0.696. The molecular formula is C17H27NO4. The zero-order chi connectivity index (χ0) is 16.5. The fourth-order valence-corrected chi connectivity index (χ4v) is 2.93. The molecule has 124 valence electrons. The van der Waals surface area contributed by atoms with E-state index in [9.17, 15) is 9.59 Å². The molecule has 0 aromatic carbocycles. The van der Waals surface area contributed by atoms with Crippen LogP contribution in [-0.4, -0.2) is 40.8 Å². The molecule has 1 aliphatic carbocycles. The number of amides is 1. The Hall–Kier alpha value is -1.36. The first-order chi connectivity index (χ1) is 10.1. The van der Waals surface area contributed by atoms with Gasteiger partial charge in [0.2, 0.25) is 0 Å². The molecule has 1 saturated heterocycles. The average Bonchev–Trinajstić information content (AvgIpc) is 2.65. The monoisotopic (exact) mass is 309 g/mol. The van der Waals surface area contributed by atoms with E-state index in [1.54, 1.807) is 4.90 Å². The van der Waals surface area contributed by atoms with Crippen LogP contribution >= 0.6 is 0 Å². The highest BCUT2D eigenvalue weighted by molar-refractivity contribution is 5.96. The SMILES string of the molecule is CC(C)(C)OC(=O)N1C(C=C2CCCCC2=O)COC1(C)C. The van der Waals surface area contributed by atoms with Gasteiger partial charge in [-0.25, -0.2) is 4.79 Å². The van der Waals surface area contributed by atoms with E-state index in [1.165, 1.54) is 0 Å². The van der Waals surface area contributed by atoms with E-state index >= 15 is 0 Å². The summed E-state index contributed by atoms with van der Waals surface area (Å²) in [6, 6.07) is -0.248. The van der Waals surface area contributed by atoms with E-state index in [1.807, 2.05) is 40.7 Å². The van der Waals surface area contributed by atoms with Crippen LogP contribution in [-0.2, 0) is 14.3 Å². The van der Waals surface area contributed by atoms with Gasteiger partial charge in [-0.15, -0.1) is 0 Å². The molecule has 0 bridgehead atoms. The van der Waals surface area contributed by atoms with Gasteiger partial charge in [-0.3, -0.25) is 9.69 Å². The van der Waals surface area contributed by atoms with Crippen LogP contribution in [0.4, 0.5) is 4.79 Å². The summed E-state index contributed by atoms with van der Waals surface area (Å²) in [6.07, 6.45) is 4.88. The number of Topliss-reactive ketones (excluding diaryl/α,β-unsaturated/α-hetero) is 1. The van der Waals surface area contributed by atoms with Gasteiger partial charge in [-0.05, 0) is 59.5 Å². The number of ketones is 1. The Kier molecular flexibility index (Phi) is 4.66. The lowest BCUT2D eigenvalue weighted by atomic mass is 9.92. The third-order valence-corrected chi connectivity index (χ3v) is 3.96. The molecule has 1 aliphatic heterocycles. The molecule has 1 saturated carbocycles. The topological polar surface area (TPSA) is 55.8 Å². The van der Waals surface area contributed by atoms with Crippen molar-refractivity contribution in [2.75, 3.05) is 6.61 Å². The van der Waals surface area contributed by atoms with Crippen molar-refractivity contribution in [2.24, 2.45) is 0 Å². The molecule has 5 heteroatoms. The Morgan fingerprint density at radius 2 is 1.95 bits per heavy atom. The van der Waals surface area contributed by atoms with Gasteiger partial charge in [-0.2, -0.15) is 0 Å². The number of carbonyl (C=O) groups excluding carboxylic acids is 2. The van der Waals surface area contributed by atoms with Crippen LogP contribution in [0.15, 0.2) is 11.6 Å². The zero-order valence-electron chi connectivity index (χ0n) is 14.3. The highest BCUT2D eigenvalue weighted by Crippen LogP contribution is 2.31. The molecule has 22 heavy (non-hydrogen) atoms. The second-order valence-corrected chi connectivity index (χ2v) is 7.50. The maximum absolute atomic E-state index is 12.5. The third kappa shape index (κ3) is 3.88. The Morgan fingerprint density at radius 3 is 2.55 bits per heavy atom. The Morgan fingerprint density at radius 1 is 1.32 bits per heavy atom. The molecule has 0 aromatic rings. The van der Waals surface area contributed by atoms with Crippen molar-refractivity contribution < 1.29 is 19.1 Å². The lowest BCUT2D eigenvalue weighted by Crippen LogP contribution is -2.49. The highest BCUT2D eigenvalue weighted by Gasteiger charge is 2.45. The standard InChI is InChI=1S/C17H27NO4/c1-16(2,3)22-15(20)18-13(11-21-17(18,4)5)10-12-8-6-7-9-14(12)19/h10,13H,6-9,11H2,1-5H3. The van der Waals surface area contributed by atoms with Crippen LogP contribution in [0.2, 0.25) is 0 Å². The lowest BCUT2D eigenvalue weighted by molar-refractivity contribution is -0.116. The highest BCUT2D eigenvalue weighted by atomic mass is 16.6. The second kappa shape index (κ2) is 6.03. The number of hydrogen-bond donors (Lipinski definition) is 0. The Bertz CT molecular complexity index is 487. The van der Waals surface area contributed by atoms with Crippen molar-refractivity contribution in [1.29, 1.82) is 0 Å². The molecule has 1 unspecified atom stereocenters. The van der Waals surface area contributed by atoms with E-state index in [0.29, 0.717) is 13.0 Å². The van der Waals surface area contributed by atoms with Crippen molar-refractivity contribution in [3.63, 3.8) is 0 Å². The largest absolute Gasteiger partial charge is 0.444 e. The Labute approximate surface area is 132 Å². The summed E-state index contributed by atoms with van der Waals surface area (Å²) in [5.74, 6) is 0.195. The Balaban J connectivity index is 2.21. The van der Waals surface area contributed by atoms with Crippen LogP contribution in [0.3, 0.4) is 0 Å².